The summed E-state index contributed by atoms with van der Waals surface area (Å²) in [5.74, 6) is -0.528. The third kappa shape index (κ3) is 8.30. The van der Waals surface area contributed by atoms with E-state index in [1.165, 1.54) is 24.1 Å². The van der Waals surface area contributed by atoms with Gasteiger partial charge in [0.25, 0.3) is 10.0 Å². The van der Waals surface area contributed by atoms with Crippen LogP contribution in [-0.2, 0) is 32.6 Å². The van der Waals surface area contributed by atoms with Crippen molar-refractivity contribution < 1.29 is 22.7 Å². The first-order valence-electron chi connectivity index (χ1n) is 15.0. The summed E-state index contributed by atoms with van der Waals surface area (Å²) in [6.07, 6.45) is 0.966. The maximum absolute atomic E-state index is 14.6. The fourth-order valence-corrected chi connectivity index (χ4v) is 6.48. The molecule has 4 rings (SSSR count). The van der Waals surface area contributed by atoms with Crippen LogP contribution in [0.5, 0.6) is 5.75 Å². The number of nitrogens with zero attached hydrogens (tertiary/aromatic N) is 2. The number of nitrogens with one attached hydrogen (secondary N) is 1. The molecular weight excluding hydrogens is 586 g/mol. The molecule has 236 valence electrons. The Morgan fingerprint density at radius 2 is 1.44 bits per heavy atom. The second kappa shape index (κ2) is 15.4. The quantitative estimate of drug-likeness (QED) is 0.192. The van der Waals surface area contributed by atoms with Crippen molar-refractivity contribution in [2.75, 3.05) is 18.0 Å². The number of ether oxygens (including phenoxy) is 1. The van der Waals surface area contributed by atoms with Gasteiger partial charge in [0.15, 0.2) is 0 Å². The van der Waals surface area contributed by atoms with Crippen molar-refractivity contribution in [3.8, 4) is 5.75 Å². The van der Waals surface area contributed by atoms with Crippen LogP contribution in [0.2, 0.25) is 0 Å². The van der Waals surface area contributed by atoms with Crippen LogP contribution < -0.4 is 14.4 Å². The number of anilines is 1. The zero-order valence-corrected chi connectivity index (χ0v) is 27.0. The van der Waals surface area contributed by atoms with E-state index >= 15 is 0 Å². The highest BCUT2D eigenvalue weighted by atomic mass is 32.2. The van der Waals surface area contributed by atoms with Gasteiger partial charge in [-0.3, -0.25) is 13.9 Å². The Balaban J connectivity index is 1.84. The van der Waals surface area contributed by atoms with Gasteiger partial charge < -0.3 is 15.0 Å². The zero-order valence-electron chi connectivity index (χ0n) is 26.2. The Morgan fingerprint density at radius 1 is 0.844 bits per heavy atom. The molecule has 4 aromatic rings. The predicted molar refractivity (Wildman–Crippen MR) is 178 cm³/mol. The van der Waals surface area contributed by atoms with Crippen LogP contribution in [0.25, 0.3) is 0 Å². The summed E-state index contributed by atoms with van der Waals surface area (Å²) in [4.78, 5) is 30.1. The average Bonchev–Trinajstić information content (AvgIpc) is 3.06. The molecule has 0 radical (unpaired) electrons. The van der Waals surface area contributed by atoms with Crippen LogP contribution in [-0.4, -0.2) is 50.9 Å². The first-order chi connectivity index (χ1) is 21.6. The van der Waals surface area contributed by atoms with E-state index in [4.69, 9.17) is 4.74 Å². The summed E-state index contributed by atoms with van der Waals surface area (Å²) in [7, 11) is -2.77. The van der Waals surface area contributed by atoms with Crippen molar-refractivity contribution in [2.24, 2.45) is 0 Å². The van der Waals surface area contributed by atoms with Crippen LogP contribution in [0.1, 0.15) is 37.0 Å². The SMILES string of the molecule is CC[C@H](C)NC(=O)[C@H](Cc1ccccc1)N(Cc1ccccc1C)C(=O)CN(c1ccccc1OC)S(=O)(=O)c1ccccc1. The predicted octanol–water partition coefficient (Wildman–Crippen LogP) is 5.75. The number of carbonyl (C=O) groups is 2. The maximum atomic E-state index is 14.6. The molecule has 45 heavy (non-hydrogen) atoms. The van der Waals surface area contributed by atoms with E-state index in [0.717, 1.165) is 21.0 Å². The van der Waals surface area contributed by atoms with Gasteiger partial charge in [-0.15, -0.1) is 0 Å². The van der Waals surface area contributed by atoms with Crippen LogP contribution in [0.15, 0.2) is 114 Å². The van der Waals surface area contributed by atoms with Crippen molar-refractivity contribution >= 4 is 27.5 Å². The summed E-state index contributed by atoms with van der Waals surface area (Å²) < 4.78 is 34.9. The molecule has 0 aromatic heterocycles. The molecule has 0 unspecified atom stereocenters. The second-order valence-corrected chi connectivity index (χ2v) is 12.8. The van der Waals surface area contributed by atoms with Gasteiger partial charge in [0.2, 0.25) is 11.8 Å². The summed E-state index contributed by atoms with van der Waals surface area (Å²) in [5, 5.41) is 3.06. The number of carbonyl (C=O) groups excluding carboxylic acids is 2. The Kier molecular flexibility index (Phi) is 11.4. The van der Waals surface area contributed by atoms with Gasteiger partial charge in [-0.2, -0.15) is 0 Å². The topological polar surface area (TPSA) is 96.0 Å². The molecule has 0 bridgehead atoms. The van der Waals surface area contributed by atoms with Crippen LogP contribution >= 0.6 is 0 Å². The summed E-state index contributed by atoms with van der Waals surface area (Å²) >= 11 is 0. The molecule has 0 heterocycles. The lowest BCUT2D eigenvalue weighted by atomic mass is 10.0. The number of amides is 2. The lowest BCUT2D eigenvalue weighted by Crippen LogP contribution is -2.54. The van der Waals surface area contributed by atoms with Gasteiger partial charge in [0, 0.05) is 19.0 Å². The lowest BCUT2D eigenvalue weighted by molar-refractivity contribution is -0.140. The molecule has 2 amide bonds. The van der Waals surface area contributed by atoms with Gasteiger partial charge in [0.05, 0.1) is 17.7 Å². The van der Waals surface area contributed by atoms with Crippen molar-refractivity contribution in [2.45, 2.75) is 57.1 Å². The van der Waals surface area contributed by atoms with E-state index < -0.39 is 28.5 Å². The molecule has 0 aliphatic carbocycles. The molecule has 0 saturated heterocycles. The fraction of sp³-hybridized carbons (Fsp3) is 0.278. The summed E-state index contributed by atoms with van der Waals surface area (Å²) in [6, 6.07) is 30.8. The molecule has 8 nitrogen and oxygen atoms in total. The average molecular weight is 628 g/mol. The number of rotatable bonds is 14. The number of aryl methyl sites for hydroxylation is 1. The number of sulfonamides is 1. The smallest absolute Gasteiger partial charge is 0.264 e. The maximum Gasteiger partial charge on any atom is 0.264 e. The van der Waals surface area contributed by atoms with Crippen molar-refractivity contribution in [1.82, 2.24) is 10.2 Å². The minimum atomic E-state index is -4.22. The normalized spacial score (nSPS) is 12.5. The first-order valence-corrected chi connectivity index (χ1v) is 16.5. The van der Waals surface area contributed by atoms with Crippen molar-refractivity contribution in [3.63, 3.8) is 0 Å². The largest absolute Gasteiger partial charge is 0.495 e. The Bertz CT molecular complexity index is 1680. The highest BCUT2D eigenvalue weighted by Gasteiger charge is 2.35. The molecule has 0 aliphatic rings. The molecule has 2 atom stereocenters. The molecule has 0 fully saturated rings. The van der Waals surface area contributed by atoms with E-state index in [2.05, 4.69) is 5.32 Å². The van der Waals surface area contributed by atoms with Gasteiger partial charge in [-0.05, 0) is 61.2 Å². The third-order valence-corrected chi connectivity index (χ3v) is 9.61. The fourth-order valence-electron chi connectivity index (χ4n) is 5.03. The highest BCUT2D eigenvalue weighted by molar-refractivity contribution is 7.92. The Labute approximate surface area is 266 Å². The van der Waals surface area contributed by atoms with E-state index in [1.54, 1.807) is 42.5 Å². The van der Waals surface area contributed by atoms with Crippen molar-refractivity contribution in [3.05, 3.63) is 126 Å². The van der Waals surface area contributed by atoms with Gasteiger partial charge in [-0.1, -0.05) is 91.9 Å². The number of hydrogen-bond acceptors (Lipinski definition) is 5. The van der Waals surface area contributed by atoms with Crippen LogP contribution in [0.3, 0.4) is 0 Å². The molecular formula is C36H41N3O5S. The molecule has 0 aliphatic heterocycles. The van der Waals surface area contributed by atoms with Gasteiger partial charge >= 0.3 is 0 Å². The molecule has 1 N–H and O–H groups in total. The number of methoxy groups -OCH3 is 1. The molecule has 9 heteroatoms. The molecule has 4 aromatic carbocycles. The zero-order chi connectivity index (χ0) is 32.4. The van der Waals surface area contributed by atoms with E-state index in [1.807, 2.05) is 75.4 Å². The van der Waals surface area contributed by atoms with Crippen LogP contribution in [0.4, 0.5) is 5.69 Å². The number of hydrogen-bond donors (Lipinski definition) is 1. The number of para-hydroxylation sites is 2. The van der Waals surface area contributed by atoms with E-state index in [9.17, 15) is 18.0 Å². The van der Waals surface area contributed by atoms with E-state index in [-0.39, 0.29) is 35.5 Å². The Morgan fingerprint density at radius 3 is 2.09 bits per heavy atom. The standard InChI is InChI=1S/C36H41N3O5S/c1-5-28(3)37-36(41)33(24-29-17-8-6-9-18-29)38(25-30-19-13-12-16-27(30)2)35(40)26-39(32-22-14-15-23-34(32)44-4)45(42,43)31-20-10-7-11-21-31/h6-23,28,33H,5,24-26H2,1-4H3,(H,37,41)/t28-,33-/m0/s1. The third-order valence-electron chi connectivity index (χ3n) is 7.84. The van der Waals surface area contributed by atoms with Gasteiger partial charge in [0.1, 0.15) is 18.3 Å². The molecule has 0 spiro atoms. The monoisotopic (exact) mass is 627 g/mol. The minimum Gasteiger partial charge on any atom is -0.495 e. The summed E-state index contributed by atoms with van der Waals surface area (Å²) in [6.45, 7) is 5.41. The van der Waals surface area contributed by atoms with E-state index in [0.29, 0.717) is 12.2 Å². The van der Waals surface area contributed by atoms with Gasteiger partial charge in [-0.25, -0.2) is 8.42 Å². The Hall–Kier alpha value is -4.63. The number of benzene rings is 4. The highest BCUT2D eigenvalue weighted by Crippen LogP contribution is 2.32. The first kappa shape index (κ1) is 33.3. The molecule has 0 saturated carbocycles. The lowest BCUT2D eigenvalue weighted by Gasteiger charge is -2.34. The van der Waals surface area contributed by atoms with Crippen LogP contribution in [0, 0.1) is 6.92 Å². The second-order valence-electron chi connectivity index (χ2n) is 11.0. The minimum absolute atomic E-state index is 0.0320. The van der Waals surface area contributed by atoms with Crippen molar-refractivity contribution in [1.29, 1.82) is 0 Å². The summed E-state index contributed by atoms with van der Waals surface area (Å²) in [5.41, 5.74) is 2.91.